The summed E-state index contributed by atoms with van der Waals surface area (Å²) in [6.45, 7) is 6.15. The van der Waals surface area contributed by atoms with Crippen molar-refractivity contribution in [3.63, 3.8) is 0 Å². The van der Waals surface area contributed by atoms with Crippen LogP contribution in [-0.4, -0.2) is 26.7 Å². The summed E-state index contributed by atoms with van der Waals surface area (Å²) in [6.07, 6.45) is 4.05. The zero-order valence-corrected chi connectivity index (χ0v) is 33.4. The zero-order valence-electron chi connectivity index (χ0n) is 33.4. The number of hydrogen-bond acceptors (Lipinski definition) is 5. The summed E-state index contributed by atoms with van der Waals surface area (Å²) in [7, 11) is 0. The Bertz CT molecular complexity index is 3450. The highest BCUT2D eigenvalue weighted by Crippen LogP contribution is 2.37. The van der Waals surface area contributed by atoms with Gasteiger partial charge in [0.15, 0.2) is 0 Å². The molecule has 286 valence electrons. The van der Waals surface area contributed by atoms with Gasteiger partial charge in [-0.25, -0.2) is 15.0 Å². The van der Waals surface area contributed by atoms with E-state index in [9.17, 15) is 0 Å². The summed E-state index contributed by atoms with van der Waals surface area (Å²) < 4.78 is 0. The minimum Gasteiger partial charge on any atom is -0.264 e. The van der Waals surface area contributed by atoms with E-state index in [0.717, 1.165) is 111 Å². The van der Waals surface area contributed by atoms with Crippen molar-refractivity contribution < 1.29 is 0 Å². The third-order valence-corrected chi connectivity index (χ3v) is 11.6. The van der Waals surface area contributed by atoms with Gasteiger partial charge in [0.2, 0.25) is 0 Å². The molecule has 7 aromatic carbocycles. The Balaban J connectivity index is 1.14. The van der Waals surface area contributed by atoms with Gasteiger partial charge < -0.3 is 0 Å². The van der Waals surface area contributed by atoms with E-state index in [1.807, 2.05) is 18.3 Å². The van der Waals surface area contributed by atoms with Gasteiger partial charge in [-0.2, -0.15) is 0 Å². The lowest BCUT2D eigenvalue weighted by molar-refractivity contribution is 1.25. The van der Waals surface area contributed by atoms with Gasteiger partial charge in [-0.1, -0.05) is 109 Å². The predicted octanol–water partition coefficient (Wildman–Crippen LogP) is 14.2. The molecule has 11 rings (SSSR count). The maximum Gasteiger partial charge on any atom is 0.0900 e. The standard InChI is InChI=1S/C56H37N5/c1-35-11-3-4-12-36(35)28-51(57-2)47-25-45(26-48(27-47)52-29-41-17-9-10-18-44(41)34-58-52)46-32-55(49-21-19-42-23-37-13-5-7-15-39(37)30-53(42)59-49)61-56(33-46)50-22-20-43-24-38-14-6-8-16-40(38)31-54(43)60-50/h3-34H,2H2,1H3/b51-28-. The maximum absolute atomic E-state index is 5.31. The molecule has 0 saturated carbocycles. The average molecular weight is 780 g/mol. The molecule has 11 aromatic rings. The monoisotopic (exact) mass is 779 g/mol. The Morgan fingerprint density at radius 2 is 0.934 bits per heavy atom. The van der Waals surface area contributed by atoms with Crippen molar-refractivity contribution in [2.24, 2.45) is 4.99 Å². The quantitative estimate of drug-likeness (QED) is 0.0918. The van der Waals surface area contributed by atoms with Gasteiger partial charge in [0.05, 0.1) is 45.2 Å². The molecule has 0 saturated heterocycles. The van der Waals surface area contributed by atoms with Crippen LogP contribution in [0.15, 0.2) is 193 Å². The van der Waals surface area contributed by atoms with Crippen LogP contribution >= 0.6 is 0 Å². The molecule has 0 unspecified atom stereocenters. The third kappa shape index (κ3) is 6.88. The van der Waals surface area contributed by atoms with Gasteiger partial charge >= 0.3 is 0 Å². The Hall–Kier alpha value is -8.15. The highest BCUT2D eigenvalue weighted by Gasteiger charge is 2.16. The molecule has 0 aliphatic carbocycles. The number of rotatable bonds is 7. The van der Waals surface area contributed by atoms with E-state index in [2.05, 4.69) is 195 Å². The van der Waals surface area contributed by atoms with Crippen molar-refractivity contribution in [2.75, 3.05) is 0 Å². The molecular formula is C56H37N5. The second-order valence-corrected chi connectivity index (χ2v) is 15.6. The fraction of sp³-hybridized carbons (Fsp3) is 0.0179. The van der Waals surface area contributed by atoms with Crippen LogP contribution < -0.4 is 0 Å². The van der Waals surface area contributed by atoms with E-state index < -0.39 is 0 Å². The van der Waals surface area contributed by atoms with Crippen molar-refractivity contribution in [2.45, 2.75) is 6.92 Å². The van der Waals surface area contributed by atoms with Crippen LogP contribution in [0, 0.1) is 6.92 Å². The molecule has 0 spiro atoms. The first-order chi connectivity index (χ1) is 30.0. The number of hydrogen-bond donors (Lipinski definition) is 0. The SMILES string of the molecule is C=N/C(=C\c1ccccc1C)c1cc(-c2cc(-c3ccc4cc5ccccc5cc4n3)nc(-c3ccc4cc5ccccc5cc4n3)c2)cc(-c2cc3ccccc3cn2)c1. The summed E-state index contributed by atoms with van der Waals surface area (Å²) >= 11 is 0. The van der Waals surface area contributed by atoms with Gasteiger partial charge in [0.25, 0.3) is 0 Å². The number of aliphatic imine (C=N–C) groups is 1. The lowest BCUT2D eigenvalue weighted by Crippen LogP contribution is -1.96. The fourth-order valence-corrected chi connectivity index (χ4v) is 8.32. The molecule has 4 heterocycles. The molecule has 5 nitrogen and oxygen atoms in total. The van der Waals surface area contributed by atoms with Crippen LogP contribution in [-0.2, 0) is 0 Å². The van der Waals surface area contributed by atoms with Crippen LogP contribution in [0.25, 0.3) is 111 Å². The van der Waals surface area contributed by atoms with Crippen molar-refractivity contribution in [3.8, 4) is 45.2 Å². The van der Waals surface area contributed by atoms with E-state index in [1.165, 1.54) is 10.8 Å². The van der Waals surface area contributed by atoms with E-state index in [-0.39, 0.29) is 0 Å². The van der Waals surface area contributed by atoms with Gasteiger partial charge in [0.1, 0.15) is 0 Å². The first-order valence-corrected chi connectivity index (χ1v) is 20.4. The fourth-order valence-electron chi connectivity index (χ4n) is 8.32. The minimum absolute atomic E-state index is 0.747. The molecule has 61 heavy (non-hydrogen) atoms. The molecule has 0 N–H and O–H groups in total. The van der Waals surface area contributed by atoms with Crippen molar-refractivity contribution in [1.29, 1.82) is 0 Å². The molecule has 0 bridgehead atoms. The highest BCUT2D eigenvalue weighted by molar-refractivity contribution is 5.99. The van der Waals surface area contributed by atoms with Gasteiger partial charge in [-0.3, -0.25) is 9.98 Å². The van der Waals surface area contributed by atoms with E-state index >= 15 is 0 Å². The predicted molar refractivity (Wildman–Crippen MR) is 255 cm³/mol. The van der Waals surface area contributed by atoms with Gasteiger partial charge in [0, 0.05) is 33.5 Å². The average Bonchev–Trinajstić information content (AvgIpc) is 3.31. The first kappa shape index (κ1) is 36.0. The molecular weight excluding hydrogens is 743 g/mol. The normalized spacial score (nSPS) is 11.9. The first-order valence-electron chi connectivity index (χ1n) is 20.4. The number of nitrogens with zero attached hydrogens (tertiary/aromatic N) is 5. The Kier molecular flexibility index (Phi) is 8.79. The molecule has 0 aliphatic rings. The molecule has 5 heteroatoms. The Labute approximate surface area is 353 Å². The smallest absolute Gasteiger partial charge is 0.0900 e. The van der Waals surface area contributed by atoms with Gasteiger partial charge in [-0.05, 0) is 142 Å². The van der Waals surface area contributed by atoms with Crippen LogP contribution in [0.2, 0.25) is 0 Å². The second-order valence-electron chi connectivity index (χ2n) is 15.6. The van der Waals surface area contributed by atoms with Crippen LogP contribution in [0.1, 0.15) is 16.7 Å². The molecule has 0 aliphatic heterocycles. The summed E-state index contributed by atoms with van der Waals surface area (Å²) in [5.41, 5.74) is 12.6. The summed E-state index contributed by atoms with van der Waals surface area (Å²) in [4.78, 5) is 25.4. The number of aryl methyl sites for hydroxylation is 1. The van der Waals surface area contributed by atoms with E-state index in [4.69, 9.17) is 19.9 Å². The van der Waals surface area contributed by atoms with Crippen molar-refractivity contribution in [3.05, 3.63) is 205 Å². The number of pyridine rings is 4. The van der Waals surface area contributed by atoms with Gasteiger partial charge in [-0.15, -0.1) is 0 Å². The number of benzene rings is 7. The van der Waals surface area contributed by atoms with Crippen LogP contribution in [0.3, 0.4) is 0 Å². The van der Waals surface area contributed by atoms with E-state index in [0.29, 0.717) is 0 Å². The van der Waals surface area contributed by atoms with Crippen molar-refractivity contribution in [1.82, 2.24) is 19.9 Å². The maximum atomic E-state index is 5.31. The van der Waals surface area contributed by atoms with Crippen LogP contribution in [0.4, 0.5) is 0 Å². The highest BCUT2D eigenvalue weighted by atomic mass is 14.8. The lowest BCUT2D eigenvalue weighted by atomic mass is 9.94. The number of aromatic nitrogens is 4. The zero-order chi connectivity index (χ0) is 40.9. The van der Waals surface area contributed by atoms with Crippen LogP contribution in [0.5, 0.6) is 0 Å². The lowest BCUT2D eigenvalue weighted by Gasteiger charge is -2.14. The van der Waals surface area contributed by atoms with Crippen molar-refractivity contribution >= 4 is 72.6 Å². The summed E-state index contributed by atoms with van der Waals surface area (Å²) in [5.74, 6) is 0. The molecule has 0 radical (unpaired) electrons. The Morgan fingerprint density at radius 1 is 0.426 bits per heavy atom. The third-order valence-electron chi connectivity index (χ3n) is 11.6. The second kappa shape index (κ2) is 14.9. The molecule has 4 aromatic heterocycles. The Morgan fingerprint density at radius 3 is 1.52 bits per heavy atom. The molecule has 0 atom stereocenters. The summed E-state index contributed by atoms with van der Waals surface area (Å²) in [6, 6.07) is 63.5. The number of fused-ring (bicyclic) bond motifs is 5. The molecule has 0 fully saturated rings. The summed E-state index contributed by atoms with van der Waals surface area (Å²) in [5, 5.41) is 9.02. The topological polar surface area (TPSA) is 63.9 Å². The van der Waals surface area contributed by atoms with E-state index in [1.54, 1.807) is 0 Å². The molecule has 0 amide bonds. The minimum atomic E-state index is 0.747. The largest absolute Gasteiger partial charge is 0.264 e.